The summed E-state index contributed by atoms with van der Waals surface area (Å²) in [4.78, 5) is 71.7. The largest absolute Gasteiger partial charge is 0.511 e. The predicted octanol–water partition coefficient (Wildman–Crippen LogP) is 3.73. The van der Waals surface area contributed by atoms with Gasteiger partial charge in [-0.3, -0.25) is 19.2 Å². The van der Waals surface area contributed by atoms with Crippen molar-refractivity contribution in [1.29, 1.82) is 0 Å². The lowest BCUT2D eigenvalue weighted by Crippen LogP contribution is -2.99. The minimum atomic E-state index is -2.56. The van der Waals surface area contributed by atoms with Crippen molar-refractivity contribution in [2.24, 2.45) is 51.8 Å². The number of hydrogen-bond acceptors (Lipinski definition) is 17. The summed E-state index contributed by atoms with van der Waals surface area (Å²) in [5.41, 5.74) is -14.7. The summed E-state index contributed by atoms with van der Waals surface area (Å²) in [5, 5.41) is 38.9. The maximum absolute atomic E-state index is 15.2. The molecule has 3 N–H and O–H groups in total. The molecule has 0 radical (unpaired) electrons. The van der Waals surface area contributed by atoms with Crippen LogP contribution in [0.25, 0.3) is 0 Å². The molecule has 8 aliphatic rings. The standard InChI is InChI=1S/C44H56O17/c1-18(2)26(46)25-27-38(10,28(22-12-13-53-15-22)55-31(47)19(3)4)29(56-32(48)20(5)6)30(57-33(49)21(7)8)44-40-17-54-24(45)14-23(40)37(9)16-41(40)42(52,35(37)51)36(58-34(25)50)43(27,44)60-39(11,59-41)61-44/h12-13,15,18-21,23,27-30,35-36,46,51-52H,14,16-17H2,1-11H3/t23-,27+,28-,29-,30+,35-,36+,37+,38+,39+,40+,41+,42-,43+,44-/m0/s1. The number of rotatable bonds is 9. The van der Waals surface area contributed by atoms with Crippen LogP contribution in [0.1, 0.15) is 101 Å². The average Bonchev–Trinajstić information content (AvgIpc) is 3.88. The van der Waals surface area contributed by atoms with Crippen LogP contribution >= 0.6 is 0 Å². The Hall–Kier alpha value is -4.03. The van der Waals surface area contributed by atoms with Crippen LogP contribution in [-0.2, 0) is 61.9 Å². The first-order valence-corrected chi connectivity index (χ1v) is 21.3. The van der Waals surface area contributed by atoms with Gasteiger partial charge in [-0.05, 0) is 18.4 Å². The molecule has 1 aromatic rings. The molecule has 4 aliphatic heterocycles. The monoisotopic (exact) mass is 856 g/mol. The molecule has 4 saturated heterocycles. The van der Waals surface area contributed by atoms with Crippen LogP contribution in [-0.4, -0.2) is 105 Å². The second-order valence-corrected chi connectivity index (χ2v) is 20.4. The van der Waals surface area contributed by atoms with Gasteiger partial charge in [-0.2, -0.15) is 0 Å². The topological polar surface area (TPSA) is 233 Å². The van der Waals surface area contributed by atoms with E-state index in [1.54, 1.807) is 69.2 Å². The zero-order valence-corrected chi connectivity index (χ0v) is 36.3. The minimum absolute atomic E-state index is 0.125. The van der Waals surface area contributed by atoms with E-state index in [4.69, 9.17) is 42.3 Å². The Morgan fingerprint density at radius 3 is 2.05 bits per heavy atom. The van der Waals surface area contributed by atoms with Gasteiger partial charge in [0.1, 0.15) is 24.1 Å². The van der Waals surface area contributed by atoms with Crippen molar-refractivity contribution in [1.82, 2.24) is 0 Å². The zero-order valence-electron chi connectivity index (χ0n) is 36.3. The quantitative estimate of drug-likeness (QED) is 0.139. The van der Waals surface area contributed by atoms with E-state index in [2.05, 4.69) is 0 Å². The third-order valence-corrected chi connectivity index (χ3v) is 15.8. The first-order chi connectivity index (χ1) is 28.3. The van der Waals surface area contributed by atoms with Crippen LogP contribution in [0, 0.1) is 51.8 Å². The molecular weight excluding hydrogens is 800 g/mol. The van der Waals surface area contributed by atoms with Crippen molar-refractivity contribution in [3.63, 3.8) is 0 Å². The summed E-state index contributed by atoms with van der Waals surface area (Å²) < 4.78 is 59.6. The van der Waals surface area contributed by atoms with Gasteiger partial charge in [0.2, 0.25) is 0 Å². The highest BCUT2D eigenvalue weighted by molar-refractivity contribution is 5.93. The molecule has 17 nitrogen and oxygen atoms in total. The van der Waals surface area contributed by atoms with Gasteiger partial charge in [-0.15, -0.1) is 0 Å². The number of esters is 5. The summed E-state index contributed by atoms with van der Waals surface area (Å²) >= 11 is 0. The number of fused-ring (bicyclic) bond motifs is 4. The van der Waals surface area contributed by atoms with Gasteiger partial charge in [-0.25, -0.2) is 4.79 Å². The molecule has 4 spiro atoms. The molecule has 5 heterocycles. The predicted molar refractivity (Wildman–Crippen MR) is 203 cm³/mol. The van der Waals surface area contributed by atoms with Crippen molar-refractivity contribution in [3.8, 4) is 0 Å². The summed E-state index contributed by atoms with van der Waals surface area (Å²) in [7, 11) is 0. The lowest BCUT2D eigenvalue weighted by Gasteiger charge is -2.79. The summed E-state index contributed by atoms with van der Waals surface area (Å²) in [6, 6.07) is 1.52. The Labute approximate surface area is 352 Å². The van der Waals surface area contributed by atoms with Gasteiger partial charge in [0.15, 0.2) is 35.1 Å². The number of carbonyl (C=O) groups excluding carboxylic acids is 5. The van der Waals surface area contributed by atoms with Crippen LogP contribution in [0.5, 0.6) is 0 Å². The number of cyclic esters (lactones) is 1. The van der Waals surface area contributed by atoms with Crippen molar-refractivity contribution in [3.05, 3.63) is 35.5 Å². The second kappa shape index (κ2) is 12.6. The molecule has 9 rings (SSSR count). The molecule has 0 unspecified atom stereocenters. The Morgan fingerprint density at radius 2 is 1.48 bits per heavy atom. The smallest absolute Gasteiger partial charge is 0.338 e. The van der Waals surface area contributed by atoms with Gasteiger partial charge in [0, 0.05) is 36.2 Å². The molecule has 0 aromatic carbocycles. The Kier molecular flexibility index (Phi) is 8.72. The Morgan fingerprint density at radius 1 is 0.852 bits per heavy atom. The number of ether oxygens (including phenoxy) is 8. The zero-order chi connectivity index (χ0) is 44.6. The van der Waals surface area contributed by atoms with E-state index in [1.807, 2.05) is 0 Å². The van der Waals surface area contributed by atoms with E-state index >= 15 is 4.79 Å². The number of aliphatic hydroxyl groups is 3. The van der Waals surface area contributed by atoms with Crippen LogP contribution in [0.15, 0.2) is 34.3 Å². The van der Waals surface area contributed by atoms with Gasteiger partial charge in [0.25, 0.3) is 5.97 Å². The second-order valence-electron chi connectivity index (χ2n) is 20.4. The SMILES string of the molecule is CC(C)C(=O)O[C@@H]1[C@H](OC(=O)C(C)C)[C@@](C)([C@@H](OC(=O)C(C)C)c2ccoc2)[C@H]2C(=C(O)C(C)C)C(=O)O[C@@H]3[C@@]4(O)[C@@H](O)[C@]5(C)C[C@]46O[C@]4(C)O[C@]23[C@@]1(O4)[C@@]61COC(=O)C[C@@H]51. The number of aliphatic hydroxyl groups excluding tert-OH is 2. The fraction of sp³-hybridized carbons (Fsp3) is 0.750. The maximum atomic E-state index is 15.2. The molecule has 1 aromatic heterocycles. The molecular formula is C44H56O17. The minimum Gasteiger partial charge on any atom is -0.511 e. The molecule has 4 saturated carbocycles. The Bertz CT molecular complexity index is 2140. The van der Waals surface area contributed by atoms with Gasteiger partial charge < -0.3 is 57.6 Å². The third kappa shape index (κ3) is 4.47. The van der Waals surface area contributed by atoms with Crippen molar-refractivity contribution in [2.75, 3.05) is 6.61 Å². The summed E-state index contributed by atoms with van der Waals surface area (Å²) in [6.07, 6.45) is -6.62. The van der Waals surface area contributed by atoms with E-state index in [-0.39, 0.29) is 18.4 Å². The number of allylic oxidation sites excluding steroid dienone is 1. The van der Waals surface area contributed by atoms with Crippen LogP contribution in [0.2, 0.25) is 0 Å². The van der Waals surface area contributed by atoms with Crippen LogP contribution < -0.4 is 0 Å². The first kappa shape index (κ1) is 42.3. The fourth-order valence-corrected chi connectivity index (χ4v) is 13.7. The van der Waals surface area contributed by atoms with E-state index in [0.29, 0.717) is 0 Å². The number of furan rings is 1. The average molecular weight is 857 g/mol. The van der Waals surface area contributed by atoms with Gasteiger partial charge in [0.05, 0.1) is 52.8 Å². The fourth-order valence-electron chi connectivity index (χ4n) is 13.7. The molecule has 8 fully saturated rings. The highest BCUT2D eigenvalue weighted by Gasteiger charge is 3.08. The molecule has 0 amide bonds. The third-order valence-electron chi connectivity index (χ3n) is 15.8. The summed E-state index contributed by atoms with van der Waals surface area (Å²) in [5.74, 6) is -12.5. The molecule has 334 valence electrons. The molecule has 17 heteroatoms. The van der Waals surface area contributed by atoms with Crippen molar-refractivity contribution >= 4 is 29.8 Å². The van der Waals surface area contributed by atoms with Crippen LogP contribution in [0.3, 0.4) is 0 Å². The molecule has 4 bridgehead atoms. The number of carbonyl (C=O) groups is 5. The van der Waals surface area contributed by atoms with E-state index in [1.165, 1.54) is 25.5 Å². The van der Waals surface area contributed by atoms with Gasteiger partial charge in [-0.1, -0.05) is 69.2 Å². The van der Waals surface area contributed by atoms with E-state index in [0.717, 1.165) is 0 Å². The lowest BCUT2D eigenvalue weighted by molar-refractivity contribution is -0.499. The van der Waals surface area contributed by atoms with Crippen LogP contribution in [0.4, 0.5) is 0 Å². The van der Waals surface area contributed by atoms with Crippen molar-refractivity contribution in [2.45, 2.75) is 148 Å². The molecule has 61 heavy (non-hydrogen) atoms. The van der Waals surface area contributed by atoms with Crippen molar-refractivity contribution < 1.29 is 81.6 Å². The highest BCUT2D eigenvalue weighted by atomic mass is 16.9. The number of hydrogen-bond donors (Lipinski definition) is 3. The maximum Gasteiger partial charge on any atom is 0.338 e. The Balaban J connectivity index is 1.51. The van der Waals surface area contributed by atoms with E-state index in [9.17, 15) is 34.5 Å². The van der Waals surface area contributed by atoms with E-state index < -0.39 is 158 Å². The first-order valence-electron chi connectivity index (χ1n) is 21.3. The highest BCUT2D eigenvalue weighted by Crippen LogP contribution is 2.90. The molecule has 15 atom stereocenters. The normalized spacial score (nSPS) is 47.2. The summed E-state index contributed by atoms with van der Waals surface area (Å²) in [6.45, 7) is 17.1. The van der Waals surface area contributed by atoms with Gasteiger partial charge >= 0.3 is 29.8 Å². The lowest BCUT2D eigenvalue weighted by atomic mass is 9.31. The molecule has 4 aliphatic carbocycles.